The normalized spacial score (nSPS) is 15.9. The van der Waals surface area contributed by atoms with Crippen molar-refractivity contribution in [2.75, 3.05) is 51.4 Å². The van der Waals surface area contributed by atoms with E-state index in [1.807, 2.05) is 6.92 Å². The number of nitrogens with zero attached hydrogens (tertiary/aromatic N) is 4. The van der Waals surface area contributed by atoms with Gasteiger partial charge in [-0.3, -0.25) is 0 Å². The quantitative estimate of drug-likeness (QED) is 0.424. The number of nitrogens with one attached hydrogen (secondary N) is 1. The first-order chi connectivity index (χ1) is 16.3. The molecule has 0 saturated heterocycles. The van der Waals surface area contributed by atoms with Crippen molar-refractivity contribution < 1.29 is 5.11 Å². The molecule has 0 bridgehead atoms. The topological polar surface area (TPSA) is 90.5 Å². The number of unbranched alkanes of at least 4 members (excludes halogenated alkanes) is 2. The van der Waals surface area contributed by atoms with Crippen LogP contribution in [0.5, 0.6) is 0 Å². The molecular formula is C27H42N6O. The molecule has 4 N–H and O–H groups in total. The Kier molecular flexibility index (Phi) is 8.91. The van der Waals surface area contributed by atoms with E-state index in [2.05, 4.69) is 83.5 Å². The number of aliphatic hydroxyl groups excluding tert-OH is 1. The van der Waals surface area contributed by atoms with Crippen LogP contribution in [-0.2, 0) is 0 Å². The molecule has 0 amide bonds. The fraction of sp³-hybridized carbons (Fsp3) is 0.556. The van der Waals surface area contributed by atoms with Gasteiger partial charge < -0.3 is 26.0 Å². The molecule has 1 aliphatic rings. The molecule has 1 atom stereocenters. The molecule has 1 unspecified atom stereocenters. The summed E-state index contributed by atoms with van der Waals surface area (Å²) < 4.78 is 0. The standard InChI is InChI=1S/C27H42N6O/c1-6-8-13-27(3,19-34)31-25-23-11-10-20(16-24(23)29-26(28)30-25)22-12-15-33(5)18-21(22)17-32(4)14-9-7-2/h10-12,16,18,34H,6-9,13-15,17,19H2,1-5H3,(H3,28,29,30,31). The van der Waals surface area contributed by atoms with Gasteiger partial charge in [-0.25, -0.2) is 4.98 Å². The van der Waals surface area contributed by atoms with Gasteiger partial charge in [-0.2, -0.15) is 4.98 Å². The highest BCUT2D eigenvalue weighted by Gasteiger charge is 2.24. The first kappa shape index (κ1) is 26.0. The van der Waals surface area contributed by atoms with E-state index in [0.717, 1.165) is 55.4 Å². The van der Waals surface area contributed by atoms with Gasteiger partial charge >= 0.3 is 0 Å². The van der Waals surface area contributed by atoms with Crippen molar-refractivity contribution >= 4 is 28.2 Å². The number of aromatic nitrogens is 2. The Morgan fingerprint density at radius 2 is 1.97 bits per heavy atom. The Labute approximate surface area is 204 Å². The van der Waals surface area contributed by atoms with E-state index in [-0.39, 0.29) is 12.6 Å². The van der Waals surface area contributed by atoms with Gasteiger partial charge in [-0.15, -0.1) is 0 Å². The second kappa shape index (κ2) is 11.7. The number of nitrogen functional groups attached to an aromatic ring is 1. The summed E-state index contributed by atoms with van der Waals surface area (Å²) >= 11 is 0. The van der Waals surface area contributed by atoms with Crippen LogP contribution in [0.2, 0.25) is 0 Å². The molecular weight excluding hydrogens is 424 g/mol. The smallest absolute Gasteiger partial charge is 0.222 e. The lowest BCUT2D eigenvalue weighted by molar-refractivity contribution is 0.212. The summed E-state index contributed by atoms with van der Waals surface area (Å²) in [7, 11) is 4.30. The van der Waals surface area contributed by atoms with Crippen LogP contribution in [0, 0.1) is 0 Å². The molecule has 0 spiro atoms. The van der Waals surface area contributed by atoms with Crippen molar-refractivity contribution in [2.24, 2.45) is 0 Å². The minimum atomic E-state index is -0.460. The van der Waals surface area contributed by atoms with E-state index in [9.17, 15) is 5.11 Å². The number of aliphatic hydroxyl groups is 1. The lowest BCUT2D eigenvalue weighted by atomic mass is 9.94. The van der Waals surface area contributed by atoms with Crippen molar-refractivity contribution in [1.29, 1.82) is 0 Å². The molecule has 3 rings (SSSR count). The highest BCUT2D eigenvalue weighted by atomic mass is 16.3. The summed E-state index contributed by atoms with van der Waals surface area (Å²) in [5.74, 6) is 0.907. The van der Waals surface area contributed by atoms with E-state index >= 15 is 0 Å². The third kappa shape index (κ3) is 6.48. The number of hydrogen-bond acceptors (Lipinski definition) is 7. The maximum absolute atomic E-state index is 10.0. The molecule has 0 radical (unpaired) electrons. The molecule has 34 heavy (non-hydrogen) atoms. The van der Waals surface area contributed by atoms with Crippen molar-refractivity contribution in [3.05, 3.63) is 41.6 Å². The largest absolute Gasteiger partial charge is 0.394 e. The van der Waals surface area contributed by atoms with Gasteiger partial charge in [0.05, 0.1) is 17.7 Å². The zero-order valence-corrected chi connectivity index (χ0v) is 21.6. The molecule has 186 valence electrons. The number of nitrogens with two attached hydrogens (primary N) is 1. The Morgan fingerprint density at radius 1 is 1.21 bits per heavy atom. The molecule has 2 aromatic rings. The fourth-order valence-corrected chi connectivity index (χ4v) is 4.43. The van der Waals surface area contributed by atoms with Crippen LogP contribution in [0.4, 0.5) is 11.8 Å². The third-order valence-electron chi connectivity index (χ3n) is 6.52. The predicted molar refractivity (Wildman–Crippen MR) is 144 cm³/mol. The Bertz CT molecular complexity index is 1030. The van der Waals surface area contributed by atoms with Crippen molar-refractivity contribution in [1.82, 2.24) is 19.8 Å². The summed E-state index contributed by atoms with van der Waals surface area (Å²) in [6.07, 6.45) is 9.89. The minimum absolute atomic E-state index is 0.0244. The molecule has 0 aliphatic carbocycles. The minimum Gasteiger partial charge on any atom is -0.394 e. The molecule has 1 aromatic heterocycles. The van der Waals surface area contributed by atoms with Crippen LogP contribution in [0.25, 0.3) is 16.5 Å². The van der Waals surface area contributed by atoms with Gasteiger partial charge in [0.2, 0.25) is 5.95 Å². The SMILES string of the molecule is CCCCN(C)CC1=CN(C)CC=C1c1ccc2c(NC(C)(CO)CCCC)nc(N)nc2c1. The van der Waals surface area contributed by atoms with Crippen LogP contribution in [-0.4, -0.2) is 70.7 Å². The summed E-state index contributed by atoms with van der Waals surface area (Å²) in [4.78, 5) is 13.6. The number of likely N-dealkylation sites (N-methyl/N-ethyl adjacent to an activating group) is 2. The van der Waals surface area contributed by atoms with Gasteiger partial charge in [-0.05, 0) is 62.2 Å². The lowest BCUT2D eigenvalue weighted by Crippen LogP contribution is -2.39. The van der Waals surface area contributed by atoms with Gasteiger partial charge in [0.15, 0.2) is 0 Å². The molecule has 1 aliphatic heterocycles. The van der Waals surface area contributed by atoms with Crippen molar-refractivity contribution in [2.45, 2.75) is 58.4 Å². The molecule has 0 fully saturated rings. The lowest BCUT2D eigenvalue weighted by Gasteiger charge is -2.30. The van der Waals surface area contributed by atoms with Crippen molar-refractivity contribution in [3.8, 4) is 0 Å². The average molecular weight is 467 g/mol. The molecule has 7 heteroatoms. The van der Waals surface area contributed by atoms with E-state index < -0.39 is 5.54 Å². The van der Waals surface area contributed by atoms with E-state index in [0.29, 0.717) is 5.82 Å². The monoisotopic (exact) mass is 466 g/mol. The van der Waals surface area contributed by atoms with Gasteiger partial charge in [0, 0.05) is 31.7 Å². The third-order valence-corrected chi connectivity index (χ3v) is 6.52. The maximum atomic E-state index is 10.0. The number of fused-ring (bicyclic) bond motifs is 1. The second-order valence-corrected chi connectivity index (χ2v) is 9.91. The fourth-order valence-electron chi connectivity index (χ4n) is 4.43. The summed E-state index contributed by atoms with van der Waals surface area (Å²) in [6, 6.07) is 6.33. The predicted octanol–water partition coefficient (Wildman–Crippen LogP) is 4.51. The highest BCUT2D eigenvalue weighted by molar-refractivity contribution is 5.94. The zero-order chi connectivity index (χ0) is 24.7. The Morgan fingerprint density at radius 3 is 2.68 bits per heavy atom. The average Bonchev–Trinajstić information content (AvgIpc) is 2.81. The highest BCUT2D eigenvalue weighted by Crippen LogP contribution is 2.32. The van der Waals surface area contributed by atoms with Crippen LogP contribution in [0.3, 0.4) is 0 Å². The van der Waals surface area contributed by atoms with Crippen LogP contribution < -0.4 is 11.1 Å². The Balaban J connectivity index is 1.93. The first-order valence-corrected chi connectivity index (χ1v) is 12.5. The molecule has 1 aromatic carbocycles. The first-order valence-electron chi connectivity index (χ1n) is 12.5. The number of rotatable bonds is 12. The maximum Gasteiger partial charge on any atom is 0.222 e. The van der Waals surface area contributed by atoms with E-state index in [1.54, 1.807) is 0 Å². The zero-order valence-electron chi connectivity index (χ0n) is 21.6. The Hall–Kier alpha value is -2.64. The van der Waals surface area contributed by atoms with Crippen LogP contribution >= 0.6 is 0 Å². The van der Waals surface area contributed by atoms with Crippen LogP contribution in [0.15, 0.2) is 36.0 Å². The van der Waals surface area contributed by atoms with Crippen molar-refractivity contribution in [3.63, 3.8) is 0 Å². The van der Waals surface area contributed by atoms with Gasteiger partial charge in [0.1, 0.15) is 5.82 Å². The van der Waals surface area contributed by atoms with E-state index in [1.165, 1.54) is 24.0 Å². The number of benzene rings is 1. The molecule has 2 heterocycles. The molecule has 0 saturated carbocycles. The number of anilines is 2. The second-order valence-electron chi connectivity index (χ2n) is 9.91. The number of hydrogen-bond donors (Lipinski definition) is 3. The van der Waals surface area contributed by atoms with Gasteiger partial charge in [0.25, 0.3) is 0 Å². The van der Waals surface area contributed by atoms with Crippen LogP contribution in [0.1, 0.15) is 58.4 Å². The summed E-state index contributed by atoms with van der Waals surface area (Å²) in [6.45, 7) is 9.29. The van der Waals surface area contributed by atoms with Gasteiger partial charge in [-0.1, -0.05) is 45.3 Å². The molecule has 7 nitrogen and oxygen atoms in total. The summed E-state index contributed by atoms with van der Waals surface area (Å²) in [5, 5.41) is 14.4. The van der Waals surface area contributed by atoms with E-state index in [4.69, 9.17) is 5.73 Å². The summed E-state index contributed by atoms with van der Waals surface area (Å²) in [5.41, 5.74) is 10.1.